The van der Waals surface area contributed by atoms with Crippen molar-refractivity contribution in [3.63, 3.8) is 0 Å². The first kappa shape index (κ1) is 14.4. The third kappa shape index (κ3) is 4.24. The molecule has 0 aliphatic rings. The third-order valence-electron chi connectivity index (χ3n) is 3.15. The van der Waals surface area contributed by atoms with E-state index >= 15 is 0 Å². The van der Waals surface area contributed by atoms with Crippen LogP contribution in [0.3, 0.4) is 0 Å². The van der Waals surface area contributed by atoms with Gasteiger partial charge in [0.25, 0.3) is 0 Å². The summed E-state index contributed by atoms with van der Waals surface area (Å²) in [6.45, 7) is 3.89. The van der Waals surface area contributed by atoms with Gasteiger partial charge in [-0.15, -0.1) is 0 Å². The highest BCUT2D eigenvalue weighted by atomic mass is 35.5. The molecule has 2 aromatic carbocycles. The maximum atomic E-state index is 6.14. The number of rotatable bonds is 5. The first-order valence-corrected chi connectivity index (χ1v) is 7.12. The molecule has 1 N–H and O–H groups in total. The van der Waals surface area contributed by atoms with E-state index in [2.05, 4.69) is 36.5 Å². The van der Waals surface area contributed by atoms with Gasteiger partial charge in [-0.05, 0) is 29.2 Å². The zero-order chi connectivity index (χ0) is 13.7. The first-order chi connectivity index (χ1) is 9.16. The molecule has 0 amide bonds. The zero-order valence-electron chi connectivity index (χ0n) is 10.9. The van der Waals surface area contributed by atoms with Crippen LogP contribution in [0.4, 0.5) is 0 Å². The minimum Gasteiger partial charge on any atom is -0.312 e. The molecule has 0 heterocycles. The Hall–Kier alpha value is -1.02. The van der Waals surface area contributed by atoms with Crippen molar-refractivity contribution >= 4 is 23.2 Å². The van der Waals surface area contributed by atoms with Gasteiger partial charge < -0.3 is 5.32 Å². The molecule has 0 aliphatic heterocycles. The minimum atomic E-state index is 0.479. The van der Waals surface area contributed by atoms with Crippen molar-refractivity contribution in [2.45, 2.75) is 19.4 Å². The molecule has 100 valence electrons. The van der Waals surface area contributed by atoms with Gasteiger partial charge in [-0.1, -0.05) is 66.5 Å². The molecule has 0 saturated heterocycles. The predicted octanol–water partition coefficient (Wildman–Crippen LogP) is 4.89. The smallest absolute Gasteiger partial charge is 0.0465 e. The highest BCUT2D eigenvalue weighted by Crippen LogP contribution is 2.21. The molecule has 0 aromatic heterocycles. The lowest BCUT2D eigenvalue weighted by Crippen LogP contribution is -2.19. The van der Waals surface area contributed by atoms with E-state index in [4.69, 9.17) is 23.2 Å². The second-order valence-electron chi connectivity index (χ2n) is 4.68. The summed E-state index contributed by atoms with van der Waals surface area (Å²) >= 11 is 12.0. The third-order valence-corrected chi connectivity index (χ3v) is 3.74. The molecule has 1 unspecified atom stereocenters. The SMILES string of the molecule is CC(CNCc1ccc(Cl)cc1Cl)c1ccccc1. The summed E-state index contributed by atoms with van der Waals surface area (Å²) < 4.78 is 0. The van der Waals surface area contributed by atoms with E-state index in [-0.39, 0.29) is 0 Å². The first-order valence-electron chi connectivity index (χ1n) is 6.36. The van der Waals surface area contributed by atoms with Crippen LogP contribution < -0.4 is 5.32 Å². The van der Waals surface area contributed by atoms with Crippen LogP contribution in [-0.2, 0) is 6.54 Å². The molecule has 0 aliphatic carbocycles. The Balaban J connectivity index is 1.86. The molecule has 0 saturated carbocycles. The van der Waals surface area contributed by atoms with Gasteiger partial charge in [0.05, 0.1) is 0 Å². The molecule has 2 aromatic rings. The molecule has 3 heteroatoms. The van der Waals surface area contributed by atoms with E-state index in [1.54, 1.807) is 6.07 Å². The summed E-state index contributed by atoms with van der Waals surface area (Å²) in [6, 6.07) is 16.1. The normalized spacial score (nSPS) is 12.4. The van der Waals surface area contributed by atoms with Crippen LogP contribution in [-0.4, -0.2) is 6.54 Å². The maximum absolute atomic E-state index is 6.14. The van der Waals surface area contributed by atoms with Crippen molar-refractivity contribution in [1.29, 1.82) is 0 Å². The van der Waals surface area contributed by atoms with E-state index in [0.717, 1.165) is 18.7 Å². The molecule has 0 bridgehead atoms. The largest absolute Gasteiger partial charge is 0.312 e. The number of hydrogen-bond acceptors (Lipinski definition) is 1. The van der Waals surface area contributed by atoms with Gasteiger partial charge in [0.2, 0.25) is 0 Å². The molecule has 2 rings (SSSR count). The van der Waals surface area contributed by atoms with Crippen molar-refractivity contribution in [2.75, 3.05) is 6.54 Å². The lowest BCUT2D eigenvalue weighted by Gasteiger charge is -2.13. The van der Waals surface area contributed by atoms with Crippen molar-refractivity contribution < 1.29 is 0 Å². The Bertz CT molecular complexity index is 526. The van der Waals surface area contributed by atoms with Gasteiger partial charge >= 0.3 is 0 Å². The lowest BCUT2D eigenvalue weighted by molar-refractivity contribution is 0.615. The Morgan fingerprint density at radius 2 is 1.79 bits per heavy atom. The van der Waals surface area contributed by atoms with Gasteiger partial charge in [-0.25, -0.2) is 0 Å². The summed E-state index contributed by atoms with van der Waals surface area (Å²) in [5.74, 6) is 0.479. The Morgan fingerprint density at radius 1 is 1.05 bits per heavy atom. The molecular formula is C16H17Cl2N. The van der Waals surface area contributed by atoms with Gasteiger partial charge in [0, 0.05) is 23.1 Å². The monoisotopic (exact) mass is 293 g/mol. The van der Waals surface area contributed by atoms with E-state index in [0.29, 0.717) is 16.0 Å². The molecule has 0 radical (unpaired) electrons. The van der Waals surface area contributed by atoms with Crippen LogP contribution in [0, 0.1) is 0 Å². The van der Waals surface area contributed by atoms with Crippen LogP contribution in [0.2, 0.25) is 10.0 Å². The van der Waals surface area contributed by atoms with Gasteiger partial charge in [-0.3, -0.25) is 0 Å². The fourth-order valence-electron chi connectivity index (χ4n) is 1.99. The number of benzene rings is 2. The van der Waals surface area contributed by atoms with Crippen LogP contribution >= 0.6 is 23.2 Å². The molecule has 1 atom stereocenters. The van der Waals surface area contributed by atoms with Crippen molar-refractivity contribution in [3.8, 4) is 0 Å². The Kier molecular flexibility index (Phi) is 5.26. The summed E-state index contributed by atoms with van der Waals surface area (Å²) in [5, 5.41) is 4.82. The summed E-state index contributed by atoms with van der Waals surface area (Å²) in [7, 11) is 0. The average molecular weight is 294 g/mol. The van der Waals surface area contributed by atoms with Crippen molar-refractivity contribution in [1.82, 2.24) is 5.32 Å². The Morgan fingerprint density at radius 3 is 2.47 bits per heavy atom. The van der Waals surface area contributed by atoms with E-state index < -0.39 is 0 Å². The Labute approximate surface area is 124 Å². The maximum Gasteiger partial charge on any atom is 0.0465 e. The van der Waals surface area contributed by atoms with E-state index in [9.17, 15) is 0 Å². The second kappa shape index (κ2) is 6.95. The highest BCUT2D eigenvalue weighted by molar-refractivity contribution is 6.35. The summed E-state index contributed by atoms with van der Waals surface area (Å²) in [5.41, 5.74) is 2.42. The molecule has 1 nitrogen and oxygen atoms in total. The zero-order valence-corrected chi connectivity index (χ0v) is 12.4. The number of halogens is 2. The molecule has 0 spiro atoms. The fraction of sp³-hybridized carbons (Fsp3) is 0.250. The lowest BCUT2D eigenvalue weighted by atomic mass is 10.0. The molecular weight excluding hydrogens is 277 g/mol. The van der Waals surface area contributed by atoms with Gasteiger partial charge in [0.15, 0.2) is 0 Å². The quantitative estimate of drug-likeness (QED) is 0.828. The van der Waals surface area contributed by atoms with Crippen LogP contribution in [0.25, 0.3) is 0 Å². The topological polar surface area (TPSA) is 12.0 Å². The number of hydrogen-bond donors (Lipinski definition) is 1. The molecule has 19 heavy (non-hydrogen) atoms. The highest BCUT2D eigenvalue weighted by Gasteiger charge is 2.05. The summed E-state index contributed by atoms with van der Waals surface area (Å²) in [4.78, 5) is 0. The molecule has 0 fully saturated rings. The number of nitrogens with one attached hydrogen (secondary N) is 1. The predicted molar refractivity (Wildman–Crippen MR) is 83.0 cm³/mol. The van der Waals surface area contributed by atoms with Crippen LogP contribution in [0.15, 0.2) is 48.5 Å². The van der Waals surface area contributed by atoms with Crippen molar-refractivity contribution in [3.05, 3.63) is 69.7 Å². The van der Waals surface area contributed by atoms with Crippen LogP contribution in [0.1, 0.15) is 24.0 Å². The van der Waals surface area contributed by atoms with E-state index in [1.807, 2.05) is 18.2 Å². The van der Waals surface area contributed by atoms with Gasteiger partial charge in [-0.2, -0.15) is 0 Å². The van der Waals surface area contributed by atoms with Gasteiger partial charge in [0.1, 0.15) is 0 Å². The van der Waals surface area contributed by atoms with E-state index in [1.165, 1.54) is 5.56 Å². The second-order valence-corrected chi connectivity index (χ2v) is 5.52. The fourth-order valence-corrected chi connectivity index (χ4v) is 2.46. The van der Waals surface area contributed by atoms with Crippen LogP contribution in [0.5, 0.6) is 0 Å². The van der Waals surface area contributed by atoms with Crippen molar-refractivity contribution in [2.24, 2.45) is 0 Å². The summed E-state index contributed by atoms with van der Waals surface area (Å²) in [6.07, 6.45) is 0. The minimum absolute atomic E-state index is 0.479. The standard InChI is InChI=1S/C16H17Cl2N/c1-12(13-5-3-2-4-6-13)10-19-11-14-7-8-15(17)9-16(14)18/h2-9,12,19H,10-11H2,1H3. The average Bonchev–Trinajstić information content (AvgIpc) is 2.42.